The summed E-state index contributed by atoms with van der Waals surface area (Å²) in [5.41, 5.74) is 4.20. The molecule has 4 rings (SSSR count). The number of Topliss-reactive ketones (excluding diaryl/α,β-unsaturated/α-hetero) is 1. The van der Waals surface area contributed by atoms with Crippen LogP contribution >= 0.6 is 0 Å². The van der Waals surface area contributed by atoms with Crippen molar-refractivity contribution in [3.8, 4) is 5.88 Å². The Morgan fingerprint density at radius 3 is 2.77 bits per heavy atom. The number of nitrogens with two attached hydrogens (primary N) is 1. The number of hydrogen-bond donors (Lipinski definition) is 1. The molecule has 0 amide bonds. The van der Waals surface area contributed by atoms with Crippen molar-refractivity contribution in [2.24, 2.45) is 16.6 Å². The molecule has 0 aliphatic carbocycles. The van der Waals surface area contributed by atoms with Gasteiger partial charge in [0.1, 0.15) is 29.8 Å². The van der Waals surface area contributed by atoms with Crippen LogP contribution in [0.2, 0.25) is 0 Å². The number of nitrogens with zero attached hydrogens (tertiary/aromatic N) is 3. The SMILES string of the molecule is CC(F)C[C@@H]1OC[C@H]2OC(N)=N[C@](CF)(c3cc(CC(=O)c4cnc(OCF)cn4)ccc3F)[C@@H]12. The van der Waals surface area contributed by atoms with Gasteiger partial charge in [-0.25, -0.2) is 32.5 Å². The molecule has 0 saturated carbocycles. The second-order valence-corrected chi connectivity index (χ2v) is 8.49. The van der Waals surface area contributed by atoms with Gasteiger partial charge in [-0.2, -0.15) is 0 Å². The van der Waals surface area contributed by atoms with E-state index in [1.165, 1.54) is 19.1 Å². The van der Waals surface area contributed by atoms with E-state index in [9.17, 15) is 18.0 Å². The Labute approximate surface area is 198 Å². The first-order chi connectivity index (χ1) is 16.8. The Hall–Kier alpha value is -3.28. The predicted octanol–water partition coefficient (Wildman–Crippen LogP) is 2.99. The maximum atomic E-state index is 15.2. The third-order valence-corrected chi connectivity index (χ3v) is 6.15. The third kappa shape index (κ3) is 4.93. The summed E-state index contributed by atoms with van der Waals surface area (Å²) in [4.78, 5) is 24.6. The lowest BCUT2D eigenvalue weighted by molar-refractivity contribution is 0.0214. The molecule has 2 aliphatic rings. The highest BCUT2D eigenvalue weighted by Crippen LogP contribution is 2.48. The lowest BCUT2D eigenvalue weighted by Crippen LogP contribution is -2.52. The first-order valence-corrected chi connectivity index (χ1v) is 10.9. The number of fused-ring (bicyclic) bond motifs is 1. The average Bonchev–Trinajstić information content (AvgIpc) is 3.22. The van der Waals surface area contributed by atoms with Crippen molar-refractivity contribution in [3.63, 3.8) is 0 Å². The van der Waals surface area contributed by atoms with Gasteiger partial charge in [0.25, 0.3) is 6.02 Å². The molecule has 0 radical (unpaired) electrons. The molecule has 8 nitrogen and oxygen atoms in total. The monoisotopic (exact) mass is 496 g/mol. The van der Waals surface area contributed by atoms with Gasteiger partial charge in [-0.3, -0.25) is 4.79 Å². The topological polar surface area (TPSA) is 109 Å². The van der Waals surface area contributed by atoms with Gasteiger partial charge in [0.15, 0.2) is 5.78 Å². The van der Waals surface area contributed by atoms with Gasteiger partial charge in [-0.15, -0.1) is 0 Å². The summed E-state index contributed by atoms with van der Waals surface area (Å²) in [7, 11) is 0. The van der Waals surface area contributed by atoms with Crippen molar-refractivity contribution in [1.29, 1.82) is 0 Å². The van der Waals surface area contributed by atoms with Crippen LogP contribution < -0.4 is 10.5 Å². The second-order valence-electron chi connectivity index (χ2n) is 8.49. The van der Waals surface area contributed by atoms with E-state index in [0.29, 0.717) is 5.56 Å². The molecule has 35 heavy (non-hydrogen) atoms. The fourth-order valence-electron chi connectivity index (χ4n) is 4.69. The third-order valence-electron chi connectivity index (χ3n) is 6.15. The number of ether oxygens (including phenoxy) is 3. The molecule has 2 N–H and O–H groups in total. The van der Waals surface area contributed by atoms with Gasteiger partial charge in [-0.05, 0) is 24.6 Å². The van der Waals surface area contributed by atoms with Gasteiger partial charge >= 0.3 is 0 Å². The molecule has 1 aromatic carbocycles. The number of alkyl halides is 3. The fraction of sp³-hybridized carbons (Fsp3) is 0.478. The minimum absolute atomic E-state index is 0.0168. The number of hydrogen-bond acceptors (Lipinski definition) is 8. The van der Waals surface area contributed by atoms with E-state index in [1.807, 2.05) is 0 Å². The average molecular weight is 496 g/mol. The molecule has 0 bridgehead atoms. The number of carbonyl (C=O) groups is 1. The number of aromatic nitrogens is 2. The van der Waals surface area contributed by atoms with Gasteiger partial charge in [-0.1, -0.05) is 6.07 Å². The number of amidine groups is 1. The van der Waals surface area contributed by atoms with Crippen LogP contribution in [-0.2, 0) is 21.4 Å². The van der Waals surface area contributed by atoms with Crippen LogP contribution in [0.3, 0.4) is 0 Å². The molecule has 0 spiro atoms. The van der Waals surface area contributed by atoms with Gasteiger partial charge < -0.3 is 19.9 Å². The van der Waals surface area contributed by atoms with E-state index in [4.69, 9.17) is 15.2 Å². The molecule has 188 valence electrons. The summed E-state index contributed by atoms with van der Waals surface area (Å²) in [5, 5.41) is 0. The van der Waals surface area contributed by atoms with Gasteiger partial charge in [0, 0.05) is 18.4 Å². The molecular weight excluding hydrogens is 472 g/mol. The fourth-order valence-corrected chi connectivity index (χ4v) is 4.69. The summed E-state index contributed by atoms with van der Waals surface area (Å²) < 4.78 is 71.8. The van der Waals surface area contributed by atoms with E-state index >= 15 is 4.39 Å². The standard InChI is InChI=1S/C23H24F4N4O4/c1-12(26)4-18-21-19(9-33-18)35-22(28)31-23(21,10-24)14-5-13(2-3-15(14)27)6-17(32)16-7-30-20(8-29-16)34-11-25/h2-3,5,7-8,12,18-19,21H,4,6,9-11H2,1H3,(H2,28,31)/t12?,18-,19+,21-,23+/m0/s1. The van der Waals surface area contributed by atoms with E-state index in [2.05, 4.69) is 19.7 Å². The minimum Gasteiger partial charge on any atom is -0.459 e. The van der Waals surface area contributed by atoms with E-state index < -0.39 is 55.0 Å². The molecular formula is C23H24F4N4O4. The van der Waals surface area contributed by atoms with Crippen molar-refractivity contribution in [1.82, 2.24) is 9.97 Å². The summed E-state index contributed by atoms with van der Waals surface area (Å²) >= 11 is 0. The molecule has 5 atom stereocenters. The zero-order valence-electron chi connectivity index (χ0n) is 18.8. The molecule has 2 aromatic rings. The van der Waals surface area contributed by atoms with Gasteiger partial charge in [0.05, 0.1) is 37.2 Å². The van der Waals surface area contributed by atoms with Crippen LogP contribution in [0.5, 0.6) is 5.88 Å². The van der Waals surface area contributed by atoms with Crippen LogP contribution in [0.25, 0.3) is 0 Å². The predicted molar refractivity (Wildman–Crippen MR) is 116 cm³/mol. The number of halogens is 4. The zero-order chi connectivity index (χ0) is 25.2. The highest BCUT2D eigenvalue weighted by atomic mass is 19.1. The number of ketones is 1. The van der Waals surface area contributed by atoms with E-state index in [1.54, 1.807) is 0 Å². The lowest BCUT2D eigenvalue weighted by Gasteiger charge is -2.42. The van der Waals surface area contributed by atoms with E-state index in [-0.39, 0.29) is 42.6 Å². The summed E-state index contributed by atoms with van der Waals surface area (Å²) in [6.45, 7) is -0.858. The maximum Gasteiger partial charge on any atom is 0.283 e. The Balaban J connectivity index is 1.67. The van der Waals surface area contributed by atoms with Crippen molar-refractivity contribution >= 4 is 11.8 Å². The second kappa shape index (κ2) is 10.1. The first-order valence-electron chi connectivity index (χ1n) is 10.9. The molecule has 3 heterocycles. The smallest absolute Gasteiger partial charge is 0.283 e. The van der Waals surface area contributed by atoms with Crippen LogP contribution in [0.15, 0.2) is 35.6 Å². The first kappa shape index (κ1) is 24.8. The molecule has 12 heteroatoms. The van der Waals surface area contributed by atoms with Crippen molar-refractivity contribution in [3.05, 3.63) is 53.2 Å². The Bertz CT molecular complexity index is 1100. The lowest BCUT2D eigenvalue weighted by atomic mass is 9.72. The summed E-state index contributed by atoms with van der Waals surface area (Å²) in [6, 6.07) is 3.51. The highest BCUT2D eigenvalue weighted by molar-refractivity contribution is 5.95. The summed E-state index contributed by atoms with van der Waals surface area (Å²) in [5.74, 6) is -2.15. The van der Waals surface area contributed by atoms with Crippen molar-refractivity contribution in [2.75, 3.05) is 20.1 Å². The van der Waals surface area contributed by atoms with Crippen LogP contribution in [-0.4, -0.2) is 60.3 Å². The quantitative estimate of drug-likeness (QED) is 0.420. The van der Waals surface area contributed by atoms with Crippen LogP contribution in [0.1, 0.15) is 35.0 Å². The normalized spacial score (nSPS) is 26.4. The van der Waals surface area contributed by atoms with Gasteiger partial charge in [0.2, 0.25) is 12.7 Å². The van der Waals surface area contributed by atoms with E-state index in [0.717, 1.165) is 18.5 Å². The number of aliphatic imine (C=N–C) groups is 1. The zero-order valence-corrected chi connectivity index (χ0v) is 18.8. The molecule has 1 saturated heterocycles. The molecule has 1 unspecified atom stereocenters. The van der Waals surface area contributed by atoms with Crippen molar-refractivity contribution in [2.45, 2.75) is 43.7 Å². The number of benzene rings is 1. The largest absolute Gasteiger partial charge is 0.459 e. The Morgan fingerprint density at radius 1 is 1.31 bits per heavy atom. The van der Waals surface area contributed by atoms with Crippen molar-refractivity contribution < 1.29 is 36.6 Å². The molecule has 1 aromatic heterocycles. The minimum atomic E-state index is -1.82. The number of carbonyl (C=O) groups excluding carboxylic acids is 1. The van der Waals surface area contributed by atoms with Crippen LogP contribution in [0.4, 0.5) is 17.6 Å². The molecule has 2 aliphatic heterocycles. The maximum absolute atomic E-state index is 15.2. The number of rotatable bonds is 9. The Morgan fingerprint density at radius 2 is 2.11 bits per heavy atom. The molecule has 1 fully saturated rings. The van der Waals surface area contributed by atoms with Crippen LogP contribution in [0, 0.1) is 11.7 Å². The Kier molecular flexibility index (Phi) is 7.20. The highest BCUT2D eigenvalue weighted by Gasteiger charge is 2.57. The summed E-state index contributed by atoms with van der Waals surface area (Å²) in [6.07, 6.45) is -0.799.